The maximum absolute atomic E-state index is 12.7. The number of piperidine rings is 1. The second-order valence-corrected chi connectivity index (χ2v) is 8.13. The van der Waals surface area contributed by atoms with Crippen molar-refractivity contribution in [3.63, 3.8) is 0 Å². The van der Waals surface area contributed by atoms with Gasteiger partial charge in [0.15, 0.2) is 0 Å². The van der Waals surface area contributed by atoms with Gasteiger partial charge in [-0.1, -0.05) is 0 Å². The van der Waals surface area contributed by atoms with Gasteiger partial charge in [-0.3, -0.25) is 4.79 Å². The average Bonchev–Trinajstić information content (AvgIpc) is 3.27. The summed E-state index contributed by atoms with van der Waals surface area (Å²) >= 11 is 0. The van der Waals surface area contributed by atoms with Crippen molar-refractivity contribution in [1.29, 1.82) is 0 Å². The molecule has 1 aliphatic heterocycles. The highest BCUT2D eigenvalue weighted by molar-refractivity contribution is 7.89. The zero-order valence-electron chi connectivity index (χ0n) is 12.2. The van der Waals surface area contributed by atoms with Crippen LogP contribution in [0.3, 0.4) is 0 Å². The first kappa shape index (κ1) is 15.5. The van der Waals surface area contributed by atoms with Crippen molar-refractivity contribution in [3.05, 3.63) is 29.8 Å². The third-order valence-electron chi connectivity index (χ3n) is 4.68. The van der Waals surface area contributed by atoms with E-state index in [1.807, 2.05) is 0 Å². The molecule has 0 radical (unpaired) electrons. The van der Waals surface area contributed by atoms with Gasteiger partial charge in [0.2, 0.25) is 15.9 Å². The van der Waals surface area contributed by atoms with Gasteiger partial charge in [0.05, 0.1) is 10.5 Å². The molecule has 7 heteroatoms. The molecule has 3 N–H and O–H groups in total. The Labute approximate surface area is 130 Å². The van der Waals surface area contributed by atoms with Crippen LogP contribution in [0.25, 0.3) is 0 Å². The molecule has 1 aromatic rings. The van der Waals surface area contributed by atoms with Gasteiger partial charge in [0.1, 0.15) is 0 Å². The molecule has 6 nitrogen and oxygen atoms in total. The number of hydrogen-bond donors (Lipinski definition) is 2. The normalized spacial score (nSPS) is 24.9. The van der Waals surface area contributed by atoms with Crippen LogP contribution in [0.15, 0.2) is 29.2 Å². The lowest BCUT2D eigenvalue weighted by atomic mass is 9.92. The third-order valence-corrected chi connectivity index (χ3v) is 6.56. The number of amides is 1. The molecule has 1 atom stereocenters. The number of carbonyl (C=O) groups is 1. The molecule has 1 aliphatic carbocycles. The Bertz CT molecular complexity index is 680. The highest BCUT2D eigenvalue weighted by atomic mass is 32.2. The van der Waals surface area contributed by atoms with Crippen LogP contribution in [-0.2, 0) is 10.0 Å². The summed E-state index contributed by atoms with van der Waals surface area (Å²) in [5.74, 6) is -0.571. The maximum atomic E-state index is 12.7. The van der Waals surface area contributed by atoms with Crippen molar-refractivity contribution in [3.8, 4) is 0 Å². The summed E-state index contributed by atoms with van der Waals surface area (Å²) in [5, 5.41) is 10.2. The standard InChI is InChI=1S/C15H20N2O4S/c16-14(18)11-3-5-13(6-4-11)22(20,21)17-9-1-2-12(10-17)15(19)7-8-15/h3-6,12,19H,1-2,7-10H2,(H2,16,18). The van der Waals surface area contributed by atoms with E-state index in [9.17, 15) is 18.3 Å². The number of nitrogens with two attached hydrogens (primary N) is 1. The molecule has 2 fully saturated rings. The second-order valence-electron chi connectivity index (χ2n) is 6.19. The SMILES string of the molecule is NC(=O)c1ccc(S(=O)(=O)N2CCCC(C3(O)CC3)C2)cc1. The van der Waals surface area contributed by atoms with E-state index in [0.29, 0.717) is 13.1 Å². The van der Waals surface area contributed by atoms with E-state index < -0.39 is 21.5 Å². The molecule has 0 spiro atoms. The highest BCUT2D eigenvalue weighted by Crippen LogP contribution is 2.46. The number of sulfonamides is 1. The number of primary amides is 1. The lowest BCUT2D eigenvalue weighted by Crippen LogP contribution is -2.44. The van der Waals surface area contributed by atoms with Crippen LogP contribution in [0.2, 0.25) is 0 Å². The summed E-state index contributed by atoms with van der Waals surface area (Å²) in [6.45, 7) is 0.822. The summed E-state index contributed by atoms with van der Waals surface area (Å²) in [7, 11) is -3.60. The van der Waals surface area contributed by atoms with Crippen LogP contribution >= 0.6 is 0 Å². The van der Waals surface area contributed by atoms with Gasteiger partial charge >= 0.3 is 0 Å². The fourth-order valence-corrected chi connectivity index (χ4v) is 4.60. The predicted octanol–water partition coefficient (Wildman–Crippen LogP) is 0.711. The molecule has 0 bridgehead atoms. The number of hydrogen-bond acceptors (Lipinski definition) is 4. The lowest BCUT2D eigenvalue weighted by Gasteiger charge is -2.34. The zero-order chi connectivity index (χ0) is 16.0. The summed E-state index contributed by atoms with van der Waals surface area (Å²) < 4.78 is 26.8. The molecule has 1 saturated heterocycles. The van der Waals surface area contributed by atoms with Gasteiger partial charge < -0.3 is 10.8 Å². The fraction of sp³-hybridized carbons (Fsp3) is 0.533. The van der Waals surface area contributed by atoms with Crippen molar-refractivity contribution in [2.24, 2.45) is 11.7 Å². The van der Waals surface area contributed by atoms with Crippen LogP contribution in [0.1, 0.15) is 36.0 Å². The largest absolute Gasteiger partial charge is 0.390 e. The predicted molar refractivity (Wildman–Crippen MR) is 80.6 cm³/mol. The Morgan fingerprint density at radius 2 is 1.91 bits per heavy atom. The van der Waals surface area contributed by atoms with Gasteiger partial charge in [-0.25, -0.2) is 8.42 Å². The third kappa shape index (κ3) is 2.76. The van der Waals surface area contributed by atoms with Gasteiger partial charge in [0.25, 0.3) is 0 Å². The Morgan fingerprint density at radius 1 is 1.27 bits per heavy atom. The number of benzene rings is 1. The van der Waals surface area contributed by atoms with E-state index in [0.717, 1.165) is 25.7 Å². The quantitative estimate of drug-likeness (QED) is 0.852. The average molecular weight is 324 g/mol. The highest BCUT2D eigenvalue weighted by Gasteiger charge is 2.49. The smallest absolute Gasteiger partial charge is 0.248 e. The van der Waals surface area contributed by atoms with E-state index in [1.165, 1.54) is 28.6 Å². The molecule has 1 aromatic carbocycles. The zero-order valence-corrected chi connectivity index (χ0v) is 13.1. The summed E-state index contributed by atoms with van der Waals surface area (Å²) in [6, 6.07) is 5.66. The van der Waals surface area contributed by atoms with Crippen molar-refractivity contribution >= 4 is 15.9 Å². The fourth-order valence-electron chi connectivity index (χ4n) is 3.08. The number of rotatable bonds is 4. The Kier molecular flexibility index (Phi) is 3.74. The van der Waals surface area contributed by atoms with E-state index in [-0.39, 0.29) is 16.4 Å². The molecule has 120 valence electrons. The molecule has 22 heavy (non-hydrogen) atoms. The van der Waals surface area contributed by atoms with E-state index in [2.05, 4.69) is 0 Å². The molecule has 1 heterocycles. The second kappa shape index (κ2) is 5.33. The molecule has 1 saturated carbocycles. The van der Waals surface area contributed by atoms with E-state index in [1.54, 1.807) is 0 Å². The topological polar surface area (TPSA) is 101 Å². The molecule has 3 rings (SSSR count). The van der Waals surface area contributed by atoms with Gasteiger partial charge in [0, 0.05) is 24.6 Å². The Morgan fingerprint density at radius 3 is 2.45 bits per heavy atom. The van der Waals surface area contributed by atoms with Crippen molar-refractivity contribution in [2.45, 2.75) is 36.2 Å². The molecule has 1 unspecified atom stereocenters. The summed E-state index contributed by atoms with van der Waals surface area (Å²) in [4.78, 5) is 11.2. The summed E-state index contributed by atoms with van der Waals surface area (Å²) in [5.41, 5.74) is 4.78. The first-order valence-corrected chi connectivity index (χ1v) is 8.89. The Balaban J connectivity index is 1.81. The molecular formula is C15H20N2O4S. The first-order valence-electron chi connectivity index (χ1n) is 7.45. The first-order chi connectivity index (χ1) is 10.3. The van der Waals surface area contributed by atoms with Crippen LogP contribution in [0.5, 0.6) is 0 Å². The van der Waals surface area contributed by atoms with Gasteiger partial charge in [-0.05, 0) is 49.9 Å². The van der Waals surface area contributed by atoms with Crippen LogP contribution in [0, 0.1) is 5.92 Å². The maximum Gasteiger partial charge on any atom is 0.248 e. The number of aliphatic hydroxyl groups is 1. The van der Waals surface area contributed by atoms with Crippen LogP contribution in [0.4, 0.5) is 0 Å². The molecule has 0 aromatic heterocycles. The van der Waals surface area contributed by atoms with Crippen molar-refractivity contribution in [2.75, 3.05) is 13.1 Å². The minimum atomic E-state index is -3.60. The number of carbonyl (C=O) groups excluding carboxylic acids is 1. The summed E-state index contributed by atoms with van der Waals surface area (Å²) in [6.07, 6.45) is 3.15. The van der Waals surface area contributed by atoms with Gasteiger partial charge in [-0.2, -0.15) is 4.31 Å². The lowest BCUT2D eigenvalue weighted by molar-refractivity contribution is 0.0514. The van der Waals surface area contributed by atoms with Crippen LogP contribution in [-0.4, -0.2) is 42.4 Å². The van der Waals surface area contributed by atoms with Crippen molar-refractivity contribution < 1.29 is 18.3 Å². The molecule has 2 aliphatic rings. The van der Waals surface area contributed by atoms with Crippen LogP contribution < -0.4 is 5.73 Å². The van der Waals surface area contributed by atoms with E-state index in [4.69, 9.17) is 5.73 Å². The molecule has 1 amide bonds. The number of nitrogens with zero attached hydrogens (tertiary/aromatic N) is 1. The van der Waals surface area contributed by atoms with Gasteiger partial charge in [-0.15, -0.1) is 0 Å². The monoisotopic (exact) mass is 324 g/mol. The molecular weight excluding hydrogens is 304 g/mol. The van der Waals surface area contributed by atoms with Crippen molar-refractivity contribution in [1.82, 2.24) is 4.31 Å². The minimum Gasteiger partial charge on any atom is -0.390 e. The Hall–Kier alpha value is -1.44. The van der Waals surface area contributed by atoms with E-state index >= 15 is 0 Å². The minimum absolute atomic E-state index is 0.0147.